The lowest BCUT2D eigenvalue weighted by Crippen LogP contribution is -2.45. The van der Waals surface area contributed by atoms with Crippen molar-refractivity contribution >= 4 is 8.07 Å². The molecule has 0 radical (unpaired) electrons. The Bertz CT molecular complexity index is 411. The van der Waals surface area contributed by atoms with Gasteiger partial charge in [0.05, 0.1) is 27.3 Å². The maximum atomic E-state index is 5.89. The van der Waals surface area contributed by atoms with Crippen molar-refractivity contribution in [3.8, 4) is 0 Å². The number of hydrogen-bond donors (Lipinski definition) is 0. The lowest BCUT2D eigenvalue weighted by molar-refractivity contribution is 0.0778. The molecule has 3 heteroatoms. The Morgan fingerprint density at radius 3 is 2.35 bits per heavy atom. The average Bonchev–Trinajstić information content (AvgIpc) is 2.33. The predicted octanol–water partition coefficient (Wildman–Crippen LogP) is 3.96. The Kier molecular flexibility index (Phi) is 6.66. The fourth-order valence-electron chi connectivity index (χ4n) is 2.37. The molecule has 0 heterocycles. The van der Waals surface area contributed by atoms with Crippen LogP contribution in [-0.2, 0) is 11.3 Å². The molecule has 0 spiro atoms. The number of benzene rings is 1. The summed E-state index contributed by atoms with van der Waals surface area (Å²) in [6, 6.07) is 10.6. The third-order valence-corrected chi connectivity index (χ3v) is 4.66. The topological polar surface area (TPSA) is 12.5 Å². The number of ether oxygens (including phenoxy) is 1. The average molecular weight is 292 g/mol. The van der Waals surface area contributed by atoms with E-state index in [4.69, 9.17) is 4.74 Å². The van der Waals surface area contributed by atoms with Crippen LogP contribution in [-0.4, -0.2) is 38.8 Å². The first-order chi connectivity index (χ1) is 9.29. The summed E-state index contributed by atoms with van der Waals surface area (Å²) in [5, 5.41) is 0. The van der Waals surface area contributed by atoms with Gasteiger partial charge in [-0.15, -0.1) is 0 Å². The Balaban J connectivity index is 2.49. The summed E-state index contributed by atoms with van der Waals surface area (Å²) in [4.78, 5) is 2.40. The molecule has 0 saturated heterocycles. The second-order valence-corrected chi connectivity index (χ2v) is 12.3. The molecule has 1 aromatic rings. The van der Waals surface area contributed by atoms with Crippen molar-refractivity contribution in [2.75, 3.05) is 19.8 Å². The van der Waals surface area contributed by atoms with Crippen molar-refractivity contribution in [3.63, 3.8) is 0 Å². The molecule has 0 fully saturated rings. The van der Waals surface area contributed by atoms with Gasteiger partial charge in [0.2, 0.25) is 0 Å². The van der Waals surface area contributed by atoms with E-state index in [0.717, 1.165) is 0 Å². The minimum absolute atomic E-state index is 0.311. The molecule has 1 atom stereocenters. The minimum atomic E-state index is -1.10. The van der Waals surface area contributed by atoms with E-state index >= 15 is 0 Å². The molecule has 0 aliphatic carbocycles. The number of likely N-dealkylation sites (N-methyl/N-ethyl adjacent to an activating group) is 1. The van der Waals surface area contributed by atoms with E-state index in [1.54, 1.807) is 0 Å². The minimum Gasteiger partial charge on any atom is -0.375 e. The first kappa shape index (κ1) is 17.1. The van der Waals surface area contributed by atoms with Gasteiger partial charge in [-0.05, 0) is 25.7 Å². The van der Waals surface area contributed by atoms with E-state index in [1.807, 2.05) is 18.2 Å². The standard InChI is InChI=1S/C17H29NOSi/c1-15(2)17(18(3)14-20(4,5)6)13-19-12-16-10-8-7-9-11-16/h7-11,17H,1,12-14H2,2-6H3. The first-order valence-corrected chi connectivity index (χ1v) is 11.0. The van der Waals surface area contributed by atoms with Crippen LogP contribution < -0.4 is 0 Å². The zero-order chi connectivity index (χ0) is 15.2. The molecule has 20 heavy (non-hydrogen) atoms. The van der Waals surface area contributed by atoms with Crippen LogP contribution >= 0.6 is 0 Å². The second-order valence-electron chi connectivity index (χ2n) is 6.84. The molecule has 0 bridgehead atoms. The van der Waals surface area contributed by atoms with E-state index in [-0.39, 0.29) is 0 Å². The summed E-state index contributed by atoms with van der Waals surface area (Å²) in [5.74, 6) is 0. The van der Waals surface area contributed by atoms with Crippen LogP contribution in [0, 0.1) is 0 Å². The first-order valence-electron chi connectivity index (χ1n) is 7.27. The number of rotatable bonds is 8. The van der Waals surface area contributed by atoms with Crippen LogP contribution in [0.5, 0.6) is 0 Å². The Hall–Kier alpha value is -0.903. The van der Waals surface area contributed by atoms with Gasteiger partial charge in [-0.3, -0.25) is 0 Å². The third-order valence-electron chi connectivity index (χ3n) is 3.21. The zero-order valence-electron chi connectivity index (χ0n) is 13.6. The van der Waals surface area contributed by atoms with E-state index < -0.39 is 8.07 Å². The van der Waals surface area contributed by atoms with Gasteiger partial charge in [0.1, 0.15) is 0 Å². The molecule has 0 aromatic heterocycles. The molecule has 0 N–H and O–H groups in total. The molecule has 1 rings (SSSR count). The quantitative estimate of drug-likeness (QED) is 0.531. The summed E-state index contributed by atoms with van der Waals surface area (Å²) < 4.78 is 5.89. The van der Waals surface area contributed by atoms with Crippen LogP contribution in [0.1, 0.15) is 12.5 Å². The van der Waals surface area contributed by atoms with Crippen LogP contribution in [0.2, 0.25) is 19.6 Å². The smallest absolute Gasteiger partial charge is 0.0717 e. The summed E-state index contributed by atoms with van der Waals surface area (Å²) in [6.45, 7) is 14.8. The Morgan fingerprint density at radius 2 is 1.85 bits per heavy atom. The second kappa shape index (κ2) is 7.77. The maximum Gasteiger partial charge on any atom is 0.0717 e. The van der Waals surface area contributed by atoms with E-state index in [2.05, 4.69) is 57.2 Å². The molecule has 112 valence electrons. The molecule has 0 amide bonds. The highest BCUT2D eigenvalue weighted by atomic mass is 28.3. The van der Waals surface area contributed by atoms with Gasteiger partial charge in [-0.25, -0.2) is 0 Å². The van der Waals surface area contributed by atoms with Gasteiger partial charge >= 0.3 is 0 Å². The summed E-state index contributed by atoms with van der Waals surface area (Å²) in [7, 11) is 1.08. The summed E-state index contributed by atoms with van der Waals surface area (Å²) in [6.07, 6.45) is 1.17. The van der Waals surface area contributed by atoms with Gasteiger partial charge in [0.25, 0.3) is 0 Å². The van der Waals surface area contributed by atoms with E-state index in [0.29, 0.717) is 19.3 Å². The summed E-state index contributed by atoms with van der Waals surface area (Å²) in [5.41, 5.74) is 2.40. The van der Waals surface area contributed by atoms with E-state index in [9.17, 15) is 0 Å². The van der Waals surface area contributed by atoms with Gasteiger partial charge in [0.15, 0.2) is 0 Å². The molecule has 0 saturated carbocycles. The van der Waals surface area contributed by atoms with Crippen molar-refractivity contribution in [3.05, 3.63) is 48.0 Å². The molecule has 0 aliphatic rings. The van der Waals surface area contributed by atoms with Crippen molar-refractivity contribution in [2.45, 2.75) is 39.2 Å². The molecular formula is C17H29NOSi. The maximum absolute atomic E-state index is 5.89. The highest BCUT2D eigenvalue weighted by molar-refractivity contribution is 6.76. The van der Waals surface area contributed by atoms with Crippen LogP contribution in [0.25, 0.3) is 0 Å². The SMILES string of the molecule is C=C(C)C(COCc1ccccc1)N(C)C[Si](C)(C)C. The van der Waals surface area contributed by atoms with Gasteiger partial charge in [-0.2, -0.15) is 0 Å². The summed E-state index contributed by atoms with van der Waals surface area (Å²) >= 11 is 0. The monoisotopic (exact) mass is 291 g/mol. The zero-order valence-corrected chi connectivity index (χ0v) is 14.6. The molecule has 2 nitrogen and oxygen atoms in total. The molecule has 1 aromatic carbocycles. The number of hydrogen-bond acceptors (Lipinski definition) is 2. The third kappa shape index (κ3) is 6.50. The predicted molar refractivity (Wildman–Crippen MR) is 90.7 cm³/mol. The molecular weight excluding hydrogens is 262 g/mol. The highest BCUT2D eigenvalue weighted by Gasteiger charge is 2.22. The van der Waals surface area contributed by atoms with Gasteiger partial charge in [0, 0.05) is 0 Å². The van der Waals surface area contributed by atoms with Crippen LogP contribution in [0.3, 0.4) is 0 Å². The van der Waals surface area contributed by atoms with Crippen molar-refractivity contribution in [1.29, 1.82) is 0 Å². The molecule has 0 aliphatic heterocycles. The van der Waals surface area contributed by atoms with Crippen molar-refractivity contribution < 1.29 is 4.74 Å². The Morgan fingerprint density at radius 1 is 1.25 bits per heavy atom. The molecule has 1 unspecified atom stereocenters. The van der Waals surface area contributed by atoms with Crippen LogP contribution in [0.15, 0.2) is 42.5 Å². The van der Waals surface area contributed by atoms with E-state index in [1.165, 1.54) is 17.3 Å². The van der Waals surface area contributed by atoms with Gasteiger partial charge < -0.3 is 9.64 Å². The number of nitrogens with zero attached hydrogens (tertiary/aromatic N) is 1. The van der Waals surface area contributed by atoms with Crippen molar-refractivity contribution in [2.24, 2.45) is 0 Å². The fraction of sp³-hybridized carbons (Fsp3) is 0.529. The Labute approximate surface area is 125 Å². The van der Waals surface area contributed by atoms with Gasteiger partial charge in [-0.1, -0.05) is 62.1 Å². The van der Waals surface area contributed by atoms with Crippen LogP contribution in [0.4, 0.5) is 0 Å². The highest BCUT2D eigenvalue weighted by Crippen LogP contribution is 2.13. The normalized spacial score (nSPS) is 13.5. The fourth-order valence-corrected chi connectivity index (χ4v) is 4.08. The lowest BCUT2D eigenvalue weighted by Gasteiger charge is -2.32. The van der Waals surface area contributed by atoms with Crippen molar-refractivity contribution in [1.82, 2.24) is 4.90 Å². The largest absolute Gasteiger partial charge is 0.375 e. The lowest BCUT2D eigenvalue weighted by atomic mass is 10.1.